The van der Waals surface area contributed by atoms with E-state index in [0.29, 0.717) is 0 Å². The number of nitrogens with two attached hydrogens (primary N) is 1. The van der Waals surface area contributed by atoms with E-state index in [1.54, 1.807) is 6.08 Å². The lowest BCUT2D eigenvalue weighted by Crippen LogP contribution is -2.31. The fourth-order valence-corrected chi connectivity index (χ4v) is 0.585. The second-order valence-corrected chi connectivity index (χ2v) is 3.35. The highest BCUT2D eigenvalue weighted by Crippen LogP contribution is 2.11. The molecular formula is C9H17N. The van der Waals surface area contributed by atoms with Crippen molar-refractivity contribution < 1.29 is 0 Å². The highest BCUT2D eigenvalue weighted by Gasteiger charge is 2.09. The molecule has 58 valence electrons. The van der Waals surface area contributed by atoms with E-state index in [4.69, 9.17) is 5.73 Å². The molecule has 0 saturated heterocycles. The SMILES string of the molecule is C=CC(=C)CCC(C)(C)N. The maximum Gasteiger partial charge on any atom is 0.0100 e. The summed E-state index contributed by atoms with van der Waals surface area (Å²) in [5.74, 6) is 0. The van der Waals surface area contributed by atoms with Crippen molar-refractivity contribution in [3.8, 4) is 0 Å². The molecule has 0 aliphatic heterocycles. The summed E-state index contributed by atoms with van der Waals surface area (Å²) in [7, 11) is 0. The van der Waals surface area contributed by atoms with Crippen molar-refractivity contribution in [2.75, 3.05) is 0 Å². The number of hydrogen-bond acceptors (Lipinski definition) is 1. The zero-order chi connectivity index (χ0) is 8.20. The van der Waals surface area contributed by atoms with Crippen LogP contribution in [0.3, 0.4) is 0 Å². The maximum absolute atomic E-state index is 5.76. The highest BCUT2D eigenvalue weighted by molar-refractivity contribution is 5.11. The van der Waals surface area contributed by atoms with Gasteiger partial charge >= 0.3 is 0 Å². The van der Waals surface area contributed by atoms with Crippen molar-refractivity contribution in [3.05, 3.63) is 24.8 Å². The van der Waals surface area contributed by atoms with Gasteiger partial charge < -0.3 is 5.73 Å². The van der Waals surface area contributed by atoms with Gasteiger partial charge in [-0.2, -0.15) is 0 Å². The predicted octanol–water partition coefficient (Wildman–Crippen LogP) is 2.25. The minimum Gasteiger partial charge on any atom is -0.326 e. The van der Waals surface area contributed by atoms with Gasteiger partial charge in [0.25, 0.3) is 0 Å². The van der Waals surface area contributed by atoms with Crippen LogP contribution >= 0.6 is 0 Å². The predicted molar refractivity (Wildman–Crippen MR) is 46.8 cm³/mol. The fourth-order valence-electron chi connectivity index (χ4n) is 0.585. The van der Waals surface area contributed by atoms with Crippen LogP contribution in [0.15, 0.2) is 24.8 Å². The molecule has 0 rings (SSSR count). The first-order chi connectivity index (χ1) is 4.45. The van der Waals surface area contributed by atoms with E-state index in [1.807, 2.05) is 13.8 Å². The Kier molecular flexibility index (Phi) is 3.37. The molecule has 0 aromatic carbocycles. The molecule has 0 saturated carbocycles. The minimum atomic E-state index is -0.0774. The van der Waals surface area contributed by atoms with E-state index < -0.39 is 0 Å². The Morgan fingerprint density at radius 1 is 1.60 bits per heavy atom. The zero-order valence-electron chi connectivity index (χ0n) is 6.98. The van der Waals surface area contributed by atoms with Crippen molar-refractivity contribution in [3.63, 3.8) is 0 Å². The Morgan fingerprint density at radius 3 is 2.40 bits per heavy atom. The summed E-state index contributed by atoms with van der Waals surface area (Å²) in [6, 6.07) is 0. The number of rotatable bonds is 4. The van der Waals surface area contributed by atoms with E-state index >= 15 is 0 Å². The summed E-state index contributed by atoms with van der Waals surface area (Å²) in [5, 5.41) is 0. The van der Waals surface area contributed by atoms with Gasteiger partial charge in [0.1, 0.15) is 0 Å². The van der Waals surface area contributed by atoms with Crippen molar-refractivity contribution in [2.45, 2.75) is 32.2 Å². The lowest BCUT2D eigenvalue weighted by Gasteiger charge is -2.17. The third-order valence-electron chi connectivity index (χ3n) is 1.38. The molecule has 0 amide bonds. The van der Waals surface area contributed by atoms with Crippen LogP contribution in [0.5, 0.6) is 0 Å². The van der Waals surface area contributed by atoms with Crippen molar-refractivity contribution in [1.82, 2.24) is 0 Å². The third kappa shape index (κ3) is 5.57. The van der Waals surface area contributed by atoms with E-state index in [-0.39, 0.29) is 5.54 Å². The van der Waals surface area contributed by atoms with Gasteiger partial charge in [0.15, 0.2) is 0 Å². The molecule has 0 aromatic rings. The first kappa shape index (κ1) is 9.44. The molecule has 0 heterocycles. The van der Waals surface area contributed by atoms with Gasteiger partial charge in [-0.25, -0.2) is 0 Å². The Balaban J connectivity index is 3.55. The fraction of sp³-hybridized carbons (Fsp3) is 0.556. The Bertz CT molecular complexity index is 128. The molecule has 0 bridgehead atoms. The van der Waals surface area contributed by atoms with Crippen LogP contribution in [-0.2, 0) is 0 Å². The summed E-state index contributed by atoms with van der Waals surface area (Å²) >= 11 is 0. The summed E-state index contributed by atoms with van der Waals surface area (Å²) in [5.41, 5.74) is 6.75. The third-order valence-corrected chi connectivity index (χ3v) is 1.38. The molecule has 1 heteroatoms. The molecular weight excluding hydrogens is 122 g/mol. The van der Waals surface area contributed by atoms with Crippen LogP contribution < -0.4 is 5.73 Å². The van der Waals surface area contributed by atoms with E-state index in [2.05, 4.69) is 13.2 Å². The van der Waals surface area contributed by atoms with Crippen LogP contribution in [0, 0.1) is 0 Å². The van der Waals surface area contributed by atoms with Crippen LogP contribution in [0.4, 0.5) is 0 Å². The van der Waals surface area contributed by atoms with Gasteiger partial charge in [-0.3, -0.25) is 0 Å². The molecule has 0 radical (unpaired) electrons. The smallest absolute Gasteiger partial charge is 0.0100 e. The Hall–Kier alpha value is -0.560. The van der Waals surface area contributed by atoms with Crippen LogP contribution in [0.2, 0.25) is 0 Å². The highest BCUT2D eigenvalue weighted by atomic mass is 14.7. The quantitative estimate of drug-likeness (QED) is 0.594. The summed E-state index contributed by atoms with van der Waals surface area (Å²) in [6.07, 6.45) is 3.70. The van der Waals surface area contributed by atoms with Gasteiger partial charge in [0, 0.05) is 5.54 Å². The van der Waals surface area contributed by atoms with Crippen molar-refractivity contribution in [2.24, 2.45) is 5.73 Å². The van der Waals surface area contributed by atoms with Gasteiger partial charge in [-0.15, -0.1) is 0 Å². The molecule has 10 heavy (non-hydrogen) atoms. The van der Waals surface area contributed by atoms with Crippen LogP contribution in [0.1, 0.15) is 26.7 Å². The van der Waals surface area contributed by atoms with E-state index in [0.717, 1.165) is 18.4 Å². The standard InChI is InChI=1S/C9H17N/c1-5-8(2)6-7-9(3,4)10/h5H,1-2,6-7,10H2,3-4H3. The summed E-state index contributed by atoms with van der Waals surface area (Å²) in [4.78, 5) is 0. The molecule has 2 N–H and O–H groups in total. The molecule has 0 aliphatic rings. The number of hydrogen-bond donors (Lipinski definition) is 1. The van der Waals surface area contributed by atoms with Gasteiger partial charge in [-0.1, -0.05) is 24.8 Å². The van der Waals surface area contributed by atoms with E-state index in [9.17, 15) is 0 Å². The van der Waals surface area contributed by atoms with Gasteiger partial charge in [-0.05, 0) is 26.7 Å². The first-order valence-electron chi connectivity index (χ1n) is 3.55. The van der Waals surface area contributed by atoms with Gasteiger partial charge in [0.2, 0.25) is 0 Å². The molecule has 0 fully saturated rings. The molecule has 0 atom stereocenters. The molecule has 0 unspecified atom stereocenters. The molecule has 0 aliphatic carbocycles. The summed E-state index contributed by atoms with van der Waals surface area (Å²) in [6.45, 7) is 11.5. The maximum atomic E-state index is 5.76. The van der Waals surface area contributed by atoms with Crippen molar-refractivity contribution in [1.29, 1.82) is 0 Å². The first-order valence-corrected chi connectivity index (χ1v) is 3.55. The largest absolute Gasteiger partial charge is 0.326 e. The molecule has 0 spiro atoms. The lowest BCUT2D eigenvalue weighted by atomic mass is 9.97. The lowest BCUT2D eigenvalue weighted by molar-refractivity contribution is 0.478. The van der Waals surface area contributed by atoms with Gasteiger partial charge in [0.05, 0.1) is 0 Å². The molecule has 1 nitrogen and oxygen atoms in total. The van der Waals surface area contributed by atoms with E-state index in [1.165, 1.54) is 0 Å². The topological polar surface area (TPSA) is 26.0 Å². The van der Waals surface area contributed by atoms with Crippen LogP contribution in [0.25, 0.3) is 0 Å². The normalized spacial score (nSPS) is 11.1. The second-order valence-electron chi connectivity index (χ2n) is 3.35. The Labute approximate surface area is 63.6 Å². The average Bonchev–Trinajstić information content (AvgIpc) is 1.81. The monoisotopic (exact) mass is 139 g/mol. The second kappa shape index (κ2) is 3.57. The zero-order valence-corrected chi connectivity index (χ0v) is 6.98. The van der Waals surface area contributed by atoms with Crippen LogP contribution in [-0.4, -0.2) is 5.54 Å². The van der Waals surface area contributed by atoms with Crippen molar-refractivity contribution >= 4 is 0 Å². The summed E-state index contributed by atoms with van der Waals surface area (Å²) < 4.78 is 0. The number of allylic oxidation sites excluding steroid dienone is 2. The minimum absolute atomic E-state index is 0.0774. The molecule has 0 aromatic heterocycles. The average molecular weight is 139 g/mol. The Morgan fingerprint density at radius 2 is 2.10 bits per heavy atom.